The zero-order chi connectivity index (χ0) is 17.0. The number of quaternary nitrogens is 1. The number of aromatic amines is 1. The molecule has 1 aromatic heterocycles. The van der Waals surface area contributed by atoms with E-state index in [1.807, 2.05) is 27.2 Å². The Morgan fingerprint density at radius 3 is 2.48 bits per heavy atom. The second-order valence-corrected chi connectivity index (χ2v) is 7.08. The Kier molecular flexibility index (Phi) is 5.23. The minimum absolute atomic E-state index is 0.115. The third-order valence-electron chi connectivity index (χ3n) is 3.50. The summed E-state index contributed by atoms with van der Waals surface area (Å²) in [5, 5.41) is 9.85. The summed E-state index contributed by atoms with van der Waals surface area (Å²) < 4.78 is 0.283. The first-order valence-electron chi connectivity index (χ1n) is 7.12. The number of carbonyl (C=O) groups excluding carboxylic acids is 1. The minimum atomic E-state index is -0.877. The van der Waals surface area contributed by atoms with Crippen LogP contribution in [0.4, 0.5) is 0 Å². The summed E-state index contributed by atoms with van der Waals surface area (Å²) in [6.45, 7) is 0. The van der Waals surface area contributed by atoms with Gasteiger partial charge in [0.25, 0.3) is 0 Å². The summed E-state index contributed by atoms with van der Waals surface area (Å²) in [7, 11) is 5.49. The highest BCUT2D eigenvalue weighted by Gasteiger charge is 2.33. The summed E-state index contributed by atoms with van der Waals surface area (Å²) in [5.74, 6) is -0.877. The van der Waals surface area contributed by atoms with Crippen LogP contribution in [0.3, 0.4) is 0 Å². The molecule has 0 spiro atoms. The number of carboxylic acid groups (broad SMARTS) is 1. The molecule has 0 aliphatic carbocycles. The molecule has 0 aliphatic rings. The van der Waals surface area contributed by atoms with E-state index in [1.54, 1.807) is 24.3 Å². The SMILES string of the molecule is C[N+](C)(C)C(Cc1[nH]cnc1SC(=O)c1ccccc1)C(=O)O. The van der Waals surface area contributed by atoms with Crippen molar-refractivity contribution < 1.29 is 19.2 Å². The zero-order valence-electron chi connectivity index (χ0n) is 13.3. The topological polar surface area (TPSA) is 83.0 Å². The standard InChI is InChI=1S/C16H19N3O3S/c1-19(2,3)13(15(20)21)9-12-14(18-10-17-12)23-16(22)11-7-5-4-6-8-11/h4-8,10,13H,9H2,1-3H3,(H-,17,18,20,21)/p+1. The Morgan fingerprint density at radius 2 is 1.91 bits per heavy atom. The predicted octanol–water partition coefficient (Wildman–Crippen LogP) is 2.04. The van der Waals surface area contributed by atoms with Gasteiger partial charge in [-0.15, -0.1) is 0 Å². The van der Waals surface area contributed by atoms with Crippen molar-refractivity contribution in [3.63, 3.8) is 0 Å². The van der Waals surface area contributed by atoms with Crippen LogP contribution in [0.2, 0.25) is 0 Å². The molecule has 1 atom stereocenters. The van der Waals surface area contributed by atoms with Gasteiger partial charge in [0, 0.05) is 5.56 Å². The number of carboxylic acids is 1. The molecule has 2 aromatic rings. The van der Waals surface area contributed by atoms with Gasteiger partial charge in [-0.3, -0.25) is 4.79 Å². The summed E-state index contributed by atoms with van der Waals surface area (Å²) in [5.41, 5.74) is 1.26. The van der Waals surface area contributed by atoms with Crippen molar-refractivity contribution in [2.75, 3.05) is 21.1 Å². The van der Waals surface area contributed by atoms with Gasteiger partial charge in [0.05, 0.1) is 39.6 Å². The number of nitrogens with zero attached hydrogens (tertiary/aromatic N) is 2. The molecule has 1 aromatic carbocycles. The monoisotopic (exact) mass is 334 g/mol. The van der Waals surface area contributed by atoms with Gasteiger partial charge in [0.1, 0.15) is 5.03 Å². The Hall–Kier alpha value is -2.12. The van der Waals surface area contributed by atoms with E-state index in [1.165, 1.54) is 6.33 Å². The van der Waals surface area contributed by atoms with Crippen LogP contribution in [0.15, 0.2) is 41.7 Å². The molecule has 0 amide bonds. The fraction of sp³-hybridized carbons (Fsp3) is 0.312. The third kappa shape index (κ3) is 4.43. The molecule has 1 heterocycles. The summed E-state index contributed by atoms with van der Waals surface area (Å²) in [6, 6.07) is 8.32. The molecular weight excluding hydrogens is 314 g/mol. The Bertz CT molecular complexity index is 692. The van der Waals surface area contributed by atoms with E-state index in [2.05, 4.69) is 9.97 Å². The van der Waals surface area contributed by atoms with Crippen molar-refractivity contribution in [3.8, 4) is 0 Å². The number of aliphatic carboxylic acids is 1. The number of carbonyl (C=O) groups is 2. The van der Waals surface area contributed by atoms with Crippen LogP contribution in [0, 0.1) is 0 Å². The van der Waals surface area contributed by atoms with Crippen LogP contribution in [0.5, 0.6) is 0 Å². The predicted molar refractivity (Wildman–Crippen MR) is 88.4 cm³/mol. The van der Waals surface area contributed by atoms with Crippen LogP contribution in [0.25, 0.3) is 0 Å². The molecule has 0 radical (unpaired) electrons. The molecule has 1 unspecified atom stereocenters. The number of H-pyrrole nitrogens is 1. The van der Waals surface area contributed by atoms with E-state index in [0.717, 1.165) is 11.8 Å². The van der Waals surface area contributed by atoms with E-state index < -0.39 is 12.0 Å². The molecule has 0 aliphatic heterocycles. The van der Waals surface area contributed by atoms with E-state index in [9.17, 15) is 14.7 Å². The van der Waals surface area contributed by atoms with Crippen LogP contribution >= 0.6 is 11.8 Å². The molecular formula is C16H20N3O3S+. The van der Waals surface area contributed by atoms with Crippen LogP contribution in [-0.4, -0.2) is 57.8 Å². The van der Waals surface area contributed by atoms with E-state index in [0.29, 0.717) is 16.3 Å². The van der Waals surface area contributed by atoms with Gasteiger partial charge in [0.2, 0.25) is 5.12 Å². The highest BCUT2D eigenvalue weighted by molar-refractivity contribution is 8.14. The van der Waals surface area contributed by atoms with Crippen LogP contribution in [-0.2, 0) is 11.2 Å². The number of aromatic nitrogens is 2. The van der Waals surface area contributed by atoms with E-state index >= 15 is 0 Å². The molecule has 0 bridgehead atoms. The molecule has 2 rings (SSSR count). The Morgan fingerprint density at radius 1 is 1.26 bits per heavy atom. The fourth-order valence-electron chi connectivity index (χ4n) is 2.15. The first-order valence-corrected chi connectivity index (χ1v) is 7.94. The Labute approximate surface area is 139 Å². The number of hydrogen-bond acceptors (Lipinski definition) is 4. The highest BCUT2D eigenvalue weighted by Crippen LogP contribution is 2.25. The number of imidazole rings is 1. The molecule has 0 saturated carbocycles. The maximum atomic E-state index is 12.3. The van der Waals surface area contributed by atoms with Gasteiger partial charge in [-0.2, -0.15) is 0 Å². The number of nitrogens with one attached hydrogen (secondary N) is 1. The van der Waals surface area contributed by atoms with Crippen LogP contribution in [0.1, 0.15) is 16.1 Å². The highest BCUT2D eigenvalue weighted by atomic mass is 32.2. The smallest absolute Gasteiger partial charge is 0.362 e. The summed E-state index contributed by atoms with van der Waals surface area (Å²) in [4.78, 5) is 30.9. The number of thioether (sulfide) groups is 1. The Balaban J connectivity index is 2.16. The van der Waals surface area contributed by atoms with Crippen molar-refractivity contribution in [3.05, 3.63) is 47.9 Å². The van der Waals surface area contributed by atoms with Crippen molar-refractivity contribution in [2.24, 2.45) is 0 Å². The van der Waals surface area contributed by atoms with E-state index in [-0.39, 0.29) is 16.0 Å². The number of rotatable bonds is 6. The normalized spacial score (nSPS) is 12.8. The molecule has 2 N–H and O–H groups in total. The van der Waals surface area contributed by atoms with Crippen molar-refractivity contribution in [1.29, 1.82) is 0 Å². The largest absolute Gasteiger partial charge is 0.477 e. The first kappa shape index (κ1) is 17.2. The van der Waals surface area contributed by atoms with E-state index in [4.69, 9.17) is 0 Å². The van der Waals surface area contributed by atoms with Gasteiger partial charge in [-0.05, 0) is 11.8 Å². The van der Waals surface area contributed by atoms with Crippen molar-refractivity contribution in [2.45, 2.75) is 17.5 Å². The maximum absolute atomic E-state index is 12.3. The van der Waals surface area contributed by atoms with Gasteiger partial charge in [-0.1, -0.05) is 30.3 Å². The quantitative estimate of drug-likeness (QED) is 0.624. The third-order valence-corrected chi connectivity index (χ3v) is 4.46. The molecule has 7 heteroatoms. The lowest BCUT2D eigenvalue weighted by atomic mass is 10.1. The molecule has 0 fully saturated rings. The van der Waals surface area contributed by atoms with Gasteiger partial charge >= 0.3 is 5.97 Å². The fourth-order valence-corrected chi connectivity index (χ4v) is 2.95. The average molecular weight is 334 g/mol. The number of benzene rings is 1. The summed E-state index contributed by atoms with van der Waals surface area (Å²) >= 11 is 1.01. The minimum Gasteiger partial charge on any atom is -0.477 e. The number of hydrogen-bond donors (Lipinski definition) is 2. The second-order valence-electron chi connectivity index (χ2n) is 6.12. The van der Waals surface area contributed by atoms with Gasteiger partial charge in [0.15, 0.2) is 6.04 Å². The van der Waals surface area contributed by atoms with Crippen LogP contribution < -0.4 is 0 Å². The average Bonchev–Trinajstić information content (AvgIpc) is 2.91. The second kappa shape index (κ2) is 6.97. The first-order chi connectivity index (χ1) is 10.8. The summed E-state index contributed by atoms with van der Waals surface area (Å²) in [6.07, 6.45) is 1.77. The molecule has 6 nitrogen and oxygen atoms in total. The van der Waals surface area contributed by atoms with Gasteiger partial charge in [-0.25, -0.2) is 9.78 Å². The number of likely N-dealkylation sites (N-methyl/N-ethyl adjacent to an activating group) is 1. The molecule has 122 valence electrons. The molecule has 0 saturated heterocycles. The van der Waals surface area contributed by atoms with Gasteiger partial charge < -0.3 is 14.6 Å². The molecule has 23 heavy (non-hydrogen) atoms. The van der Waals surface area contributed by atoms with Crippen molar-refractivity contribution in [1.82, 2.24) is 9.97 Å². The zero-order valence-corrected chi connectivity index (χ0v) is 14.1. The lowest BCUT2D eigenvalue weighted by Crippen LogP contribution is -2.51. The van der Waals surface area contributed by atoms with Crippen molar-refractivity contribution >= 4 is 22.8 Å². The maximum Gasteiger partial charge on any atom is 0.362 e. The lowest BCUT2D eigenvalue weighted by Gasteiger charge is -2.30. The lowest BCUT2D eigenvalue weighted by molar-refractivity contribution is -0.887.